The van der Waals surface area contributed by atoms with E-state index < -0.39 is 6.10 Å². The van der Waals surface area contributed by atoms with Gasteiger partial charge in [-0.2, -0.15) is 0 Å². The highest BCUT2D eigenvalue weighted by Crippen LogP contribution is 2.30. The van der Waals surface area contributed by atoms with Crippen molar-refractivity contribution in [3.8, 4) is 28.8 Å². The molecule has 1 unspecified atom stereocenters. The molecule has 0 saturated carbocycles. The molecule has 0 aliphatic rings. The number of rotatable bonds is 7. The second-order valence-corrected chi connectivity index (χ2v) is 6.63. The number of hydrogen-bond donors (Lipinski definition) is 2. The molecule has 0 aliphatic heterocycles. The van der Waals surface area contributed by atoms with E-state index in [1.54, 1.807) is 39.2 Å². The number of benzene rings is 1. The summed E-state index contributed by atoms with van der Waals surface area (Å²) in [5, 5.41) is 9.27. The lowest BCUT2D eigenvalue weighted by atomic mass is 10.2. The minimum atomic E-state index is -0.452. The molecule has 10 nitrogen and oxygen atoms in total. The number of nitrogens with zero attached hydrogens (tertiary/aromatic N) is 4. The van der Waals surface area contributed by atoms with Gasteiger partial charge in [-0.15, -0.1) is 0 Å². The van der Waals surface area contributed by atoms with Crippen molar-refractivity contribution < 1.29 is 19.4 Å². The number of H-pyrrole nitrogens is 1. The van der Waals surface area contributed by atoms with Crippen LogP contribution in [-0.2, 0) is 0 Å². The first-order valence-electron chi connectivity index (χ1n) is 9.05. The molecule has 30 heavy (non-hydrogen) atoms. The Morgan fingerprint density at radius 1 is 1.17 bits per heavy atom. The van der Waals surface area contributed by atoms with Crippen molar-refractivity contribution in [1.29, 1.82) is 0 Å². The van der Waals surface area contributed by atoms with Crippen LogP contribution in [0.1, 0.15) is 17.4 Å². The summed E-state index contributed by atoms with van der Waals surface area (Å²) in [6.07, 6.45) is 3.60. The van der Waals surface area contributed by atoms with E-state index in [2.05, 4.69) is 19.9 Å². The predicted octanol–water partition coefficient (Wildman–Crippen LogP) is 1.48. The van der Waals surface area contributed by atoms with Crippen LogP contribution < -0.4 is 15.0 Å². The van der Waals surface area contributed by atoms with Gasteiger partial charge in [0.05, 0.1) is 19.0 Å². The minimum absolute atomic E-state index is 0.165. The largest absolute Gasteiger partial charge is 0.488 e. The molecule has 0 bridgehead atoms. The number of hydrogen-bond acceptors (Lipinski definition) is 8. The van der Waals surface area contributed by atoms with Crippen molar-refractivity contribution in [2.75, 3.05) is 20.7 Å². The second kappa shape index (κ2) is 9.14. The quantitative estimate of drug-likeness (QED) is 0.598. The Hall–Kier alpha value is -3.79. The Bertz CT molecular complexity index is 1080. The number of aliphatic hydroxyl groups is 1. The summed E-state index contributed by atoms with van der Waals surface area (Å²) in [5.74, 6) is 0.970. The SMILES string of the molecule is CC(CO)Oc1cc(Oc2cnc(C(=O)N(C)C)cn2)cc(-c2nccc(=O)[nH]2)c1. The monoisotopic (exact) mass is 411 g/mol. The Balaban J connectivity index is 1.93. The summed E-state index contributed by atoms with van der Waals surface area (Å²) in [6.45, 7) is 1.54. The van der Waals surface area contributed by atoms with Gasteiger partial charge in [0.25, 0.3) is 11.5 Å². The number of aromatic amines is 1. The van der Waals surface area contributed by atoms with Gasteiger partial charge in [0.1, 0.15) is 29.1 Å². The molecule has 10 heteroatoms. The molecule has 3 rings (SSSR count). The van der Waals surface area contributed by atoms with Crippen molar-refractivity contribution in [3.05, 3.63) is 58.9 Å². The molecule has 0 saturated heterocycles. The third-order valence-corrected chi connectivity index (χ3v) is 3.89. The lowest BCUT2D eigenvalue weighted by molar-refractivity contribution is 0.0821. The Kier molecular flexibility index (Phi) is 6.38. The zero-order valence-electron chi connectivity index (χ0n) is 16.7. The number of aliphatic hydroxyl groups excluding tert-OH is 1. The molecule has 1 atom stereocenters. The van der Waals surface area contributed by atoms with Gasteiger partial charge in [-0.1, -0.05) is 0 Å². The first-order chi connectivity index (χ1) is 14.4. The molecule has 2 N–H and O–H groups in total. The van der Waals surface area contributed by atoms with E-state index in [-0.39, 0.29) is 29.6 Å². The third kappa shape index (κ3) is 5.17. The van der Waals surface area contributed by atoms with Crippen LogP contribution in [0.4, 0.5) is 0 Å². The van der Waals surface area contributed by atoms with E-state index in [0.29, 0.717) is 22.9 Å². The highest BCUT2D eigenvalue weighted by Gasteiger charge is 2.13. The number of carbonyl (C=O) groups excluding carboxylic acids is 1. The van der Waals surface area contributed by atoms with Gasteiger partial charge < -0.3 is 24.5 Å². The number of ether oxygens (including phenoxy) is 2. The topological polar surface area (TPSA) is 131 Å². The van der Waals surface area contributed by atoms with Crippen LogP contribution in [0.25, 0.3) is 11.4 Å². The van der Waals surface area contributed by atoms with Crippen molar-refractivity contribution in [2.45, 2.75) is 13.0 Å². The zero-order valence-corrected chi connectivity index (χ0v) is 16.7. The van der Waals surface area contributed by atoms with E-state index in [4.69, 9.17) is 9.47 Å². The first kappa shape index (κ1) is 20.9. The normalized spacial score (nSPS) is 11.6. The van der Waals surface area contributed by atoms with Gasteiger partial charge in [0.2, 0.25) is 5.88 Å². The predicted molar refractivity (Wildman–Crippen MR) is 108 cm³/mol. The summed E-state index contributed by atoms with van der Waals surface area (Å²) in [4.78, 5) is 40.0. The fourth-order valence-corrected chi connectivity index (χ4v) is 2.45. The molecule has 2 heterocycles. The zero-order chi connectivity index (χ0) is 21.7. The van der Waals surface area contributed by atoms with E-state index >= 15 is 0 Å². The van der Waals surface area contributed by atoms with Crippen molar-refractivity contribution in [3.63, 3.8) is 0 Å². The van der Waals surface area contributed by atoms with Crippen LogP contribution in [0.5, 0.6) is 17.4 Å². The minimum Gasteiger partial charge on any atom is -0.488 e. The van der Waals surface area contributed by atoms with E-state index in [9.17, 15) is 14.7 Å². The first-order valence-corrected chi connectivity index (χ1v) is 9.05. The van der Waals surface area contributed by atoms with Crippen LogP contribution in [-0.4, -0.2) is 62.7 Å². The molecular weight excluding hydrogens is 390 g/mol. The third-order valence-electron chi connectivity index (χ3n) is 3.89. The summed E-state index contributed by atoms with van der Waals surface area (Å²) >= 11 is 0. The molecule has 1 amide bonds. The molecule has 0 fully saturated rings. The maximum absolute atomic E-state index is 11.9. The molecular formula is C20H21N5O5. The average molecular weight is 411 g/mol. The summed E-state index contributed by atoms with van der Waals surface area (Å²) < 4.78 is 11.4. The fourth-order valence-electron chi connectivity index (χ4n) is 2.45. The maximum Gasteiger partial charge on any atom is 0.273 e. The second-order valence-electron chi connectivity index (χ2n) is 6.63. The average Bonchev–Trinajstić information content (AvgIpc) is 2.73. The number of aromatic nitrogens is 4. The van der Waals surface area contributed by atoms with Gasteiger partial charge in [0, 0.05) is 38.0 Å². The molecule has 0 aliphatic carbocycles. The van der Waals surface area contributed by atoms with Crippen LogP contribution in [0, 0.1) is 0 Å². The summed E-state index contributed by atoms with van der Waals surface area (Å²) in [5.41, 5.74) is 0.426. The molecule has 0 spiro atoms. The van der Waals surface area contributed by atoms with Crippen molar-refractivity contribution in [1.82, 2.24) is 24.8 Å². The van der Waals surface area contributed by atoms with Crippen LogP contribution in [0.2, 0.25) is 0 Å². The standard InChI is InChI=1S/C20H21N5O5/c1-12(11-26)29-14-6-13(19-21-5-4-17(27)24-19)7-15(8-14)30-18-10-22-16(9-23-18)20(28)25(2)3/h4-10,12,26H,11H2,1-3H3,(H,21,24,27). The highest BCUT2D eigenvalue weighted by molar-refractivity contribution is 5.91. The number of nitrogens with one attached hydrogen (secondary N) is 1. The Morgan fingerprint density at radius 2 is 1.93 bits per heavy atom. The lowest BCUT2D eigenvalue weighted by Gasteiger charge is -2.15. The van der Waals surface area contributed by atoms with Crippen molar-refractivity contribution >= 4 is 5.91 Å². The number of carbonyl (C=O) groups is 1. The molecule has 156 valence electrons. The fraction of sp³-hybridized carbons (Fsp3) is 0.250. The highest BCUT2D eigenvalue weighted by atomic mass is 16.5. The van der Waals surface area contributed by atoms with Crippen LogP contribution in [0.3, 0.4) is 0 Å². The molecule has 0 radical (unpaired) electrons. The maximum atomic E-state index is 11.9. The smallest absolute Gasteiger partial charge is 0.273 e. The van der Waals surface area contributed by atoms with Crippen LogP contribution in [0.15, 0.2) is 47.7 Å². The molecule has 2 aromatic heterocycles. The molecule has 1 aromatic carbocycles. The van der Waals surface area contributed by atoms with E-state index in [0.717, 1.165) is 0 Å². The van der Waals surface area contributed by atoms with Crippen LogP contribution >= 0.6 is 0 Å². The van der Waals surface area contributed by atoms with Gasteiger partial charge in [0.15, 0.2) is 0 Å². The van der Waals surface area contributed by atoms with Gasteiger partial charge in [-0.05, 0) is 19.1 Å². The van der Waals surface area contributed by atoms with Crippen molar-refractivity contribution in [2.24, 2.45) is 0 Å². The molecule has 3 aromatic rings. The Labute approximate surface area is 172 Å². The van der Waals surface area contributed by atoms with E-state index in [1.807, 2.05) is 0 Å². The van der Waals surface area contributed by atoms with E-state index in [1.165, 1.54) is 29.6 Å². The van der Waals surface area contributed by atoms with Gasteiger partial charge in [-0.3, -0.25) is 9.59 Å². The van der Waals surface area contributed by atoms with Gasteiger partial charge in [-0.25, -0.2) is 15.0 Å². The summed E-state index contributed by atoms with van der Waals surface area (Å²) in [6, 6.07) is 6.23. The van der Waals surface area contributed by atoms with Gasteiger partial charge >= 0.3 is 0 Å². The lowest BCUT2D eigenvalue weighted by Crippen LogP contribution is -2.22. The summed E-state index contributed by atoms with van der Waals surface area (Å²) in [7, 11) is 3.24. The number of amides is 1. The Morgan fingerprint density at radius 3 is 2.57 bits per heavy atom.